The average molecular weight is 747 g/mol. The van der Waals surface area contributed by atoms with Gasteiger partial charge < -0.3 is 10.2 Å². The summed E-state index contributed by atoms with van der Waals surface area (Å²) in [6.45, 7) is -1.21. The number of hydrogen-bond donors (Lipinski definition) is 1. The largest absolute Gasteiger partial charge is 0.416 e. The van der Waals surface area contributed by atoms with Crippen molar-refractivity contribution in [1.82, 2.24) is 10.2 Å². The molecule has 1 N–H and O–H groups in total. The van der Waals surface area contributed by atoms with Gasteiger partial charge in [-0.3, -0.25) is 13.9 Å². The van der Waals surface area contributed by atoms with E-state index in [0.29, 0.717) is 15.9 Å². The molecule has 0 heterocycles. The van der Waals surface area contributed by atoms with Gasteiger partial charge in [-0.05, 0) is 60.9 Å². The lowest BCUT2D eigenvalue weighted by Crippen LogP contribution is -2.55. The molecule has 1 atom stereocenters. The predicted molar refractivity (Wildman–Crippen MR) is 188 cm³/mol. The van der Waals surface area contributed by atoms with Crippen molar-refractivity contribution in [1.29, 1.82) is 0 Å². The third kappa shape index (κ3) is 9.18. The van der Waals surface area contributed by atoms with Gasteiger partial charge in [0.25, 0.3) is 10.0 Å². The van der Waals surface area contributed by atoms with Gasteiger partial charge in [-0.25, -0.2) is 8.42 Å². The first-order valence-corrected chi connectivity index (χ1v) is 18.4. The zero-order chi connectivity index (χ0) is 35.9. The number of nitrogens with zero attached hydrogens (tertiary/aromatic N) is 2. The Bertz CT molecular complexity index is 1870. The second-order valence-electron chi connectivity index (χ2n) is 12.1. The van der Waals surface area contributed by atoms with Crippen LogP contribution in [0.3, 0.4) is 0 Å². The number of amides is 2. The number of sulfonamides is 1. The lowest BCUT2D eigenvalue weighted by atomic mass is 9.94. The first-order valence-electron chi connectivity index (χ1n) is 16.2. The van der Waals surface area contributed by atoms with Crippen molar-refractivity contribution in [3.05, 3.63) is 130 Å². The Hall–Kier alpha value is -4.06. The summed E-state index contributed by atoms with van der Waals surface area (Å²) in [5, 5.41) is 3.53. The third-order valence-electron chi connectivity index (χ3n) is 8.68. The fourth-order valence-corrected chi connectivity index (χ4v) is 7.98. The van der Waals surface area contributed by atoms with Gasteiger partial charge in [0.05, 0.1) is 16.1 Å². The van der Waals surface area contributed by atoms with E-state index in [9.17, 15) is 31.2 Å². The van der Waals surface area contributed by atoms with Crippen LogP contribution in [-0.2, 0) is 38.8 Å². The molecule has 1 saturated carbocycles. The number of anilines is 1. The first-order chi connectivity index (χ1) is 23.8. The topological polar surface area (TPSA) is 86.8 Å². The van der Waals surface area contributed by atoms with Crippen molar-refractivity contribution in [2.75, 3.05) is 10.8 Å². The number of carbonyl (C=O) groups excluding carboxylic acids is 2. The highest BCUT2D eigenvalue weighted by Crippen LogP contribution is 2.34. The molecular formula is C37H36Cl2F3N3O4S. The lowest BCUT2D eigenvalue weighted by Gasteiger charge is -2.35. The Balaban J connectivity index is 1.62. The molecule has 1 unspecified atom stereocenters. The van der Waals surface area contributed by atoms with Gasteiger partial charge in [-0.2, -0.15) is 13.2 Å². The summed E-state index contributed by atoms with van der Waals surface area (Å²) in [5.74, 6) is -1.30. The van der Waals surface area contributed by atoms with Crippen LogP contribution in [0.5, 0.6) is 0 Å². The molecule has 0 saturated heterocycles. The second-order valence-corrected chi connectivity index (χ2v) is 14.8. The fraction of sp³-hybridized carbons (Fsp3) is 0.297. The molecule has 0 radical (unpaired) electrons. The molecule has 7 nitrogen and oxygen atoms in total. The Morgan fingerprint density at radius 3 is 2.04 bits per heavy atom. The molecule has 4 aromatic rings. The van der Waals surface area contributed by atoms with Crippen LogP contribution in [0.1, 0.15) is 48.8 Å². The second kappa shape index (κ2) is 16.3. The van der Waals surface area contributed by atoms with E-state index in [1.165, 1.54) is 35.2 Å². The molecule has 5 rings (SSSR count). The number of hydrogen-bond acceptors (Lipinski definition) is 4. The minimum Gasteiger partial charge on any atom is -0.352 e. The quantitative estimate of drug-likeness (QED) is 0.158. The molecule has 4 aromatic carbocycles. The third-order valence-corrected chi connectivity index (χ3v) is 11.2. The maximum absolute atomic E-state index is 14.7. The number of halogens is 5. The molecule has 0 bridgehead atoms. The molecule has 2 amide bonds. The van der Waals surface area contributed by atoms with E-state index in [4.69, 9.17) is 23.2 Å². The Morgan fingerprint density at radius 2 is 1.42 bits per heavy atom. The van der Waals surface area contributed by atoms with E-state index in [1.54, 1.807) is 48.5 Å². The van der Waals surface area contributed by atoms with Crippen molar-refractivity contribution < 1.29 is 31.2 Å². The van der Waals surface area contributed by atoms with Crippen molar-refractivity contribution in [2.45, 2.75) is 68.2 Å². The van der Waals surface area contributed by atoms with Crippen molar-refractivity contribution >= 4 is 50.7 Å². The number of carbonyl (C=O) groups is 2. The van der Waals surface area contributed by atoms with Crippen LogP contribution in [0.15, 0.2) is 108 Å². The van der Waals surface area contributed by atoms with Gasteiger partial charge in [-0.15, -0.1) is 0 Å². The molecule has 264 valence electrons. The van der Waals surface area contributed by atoms with Gasteiger partial charge in [-0.1, -0.05) is 103 Å². The standard InChI is InChI=1S/C37H36Cl2F3N3O4S/c38-32-20-11-21-33(39)31(32)24-44(34(22-26-12-4-1-5-13-26)36(47)43-28-15-6-2-7-16-28)35(46)25-45(50(48,49)30-18-8-3-9-19-30)29-17-10-14-27(23-29)37(40,41)42/h1,3-5,8-14,17-21,23,28,34H,2,6-7,15-16,22,24-25H2,(H,43,47). The van der Waals surface area contributed by atoms with Gasteiger partial charge in [0.15, 0.2) is 0 Å². The number of nitrogens with one attached hydrogen (secondary N) is 1. The zero-order valence-corrected chi connectivity index (χ0v) is 29.3. The Labute approximate surface area is 300 Å². The first kappa shape index (κ1) is 37.2. The molecular weight excluding hydrogens is 710 g/mol. The van der Waals surface area contributed by atoms with Gasteiger partial charge in [0.2, 0.25) is 11.8 Å². The minimum absolute atomic E-state index is 0.0577. The summed E-state index contributed by atoms with van der Waals surface area (Å²) < 4.78 is 70.4. The highest BCUT2D eigenvalue weighted by molar-refractivity contribution is 7.92. The van der Waals surface area contributed by atoms with E-state index in [2.05, 4.69) is 5.32 Å². The molecule has 0 aliphatic heterocycles. The van der Waals surface area contributed by atoms with Crippen LogP contribution >= 0.6 is 23.2 Å². The van der Waals surface area contributed by atoms with E-state index in [-0.39, 0.29) is 39.6 Å². The van der Waals surface area contributed by atoms with Crippen molar-refractivity contribution in [2.24, 2.45) is 0 Å². The molecule has 1 fully saturated rings. The smallest absolute Gasteiger partial charge is 0.352 e. The Kier molecular flexibility index (Phi) is 12.1. The normalized spacial score (nSPS) is 14.5. The minimum atomic E-state index is -4.78. The van der Waals surface area contributed by atoms with Crippen LogP contribution < -0.4 is 9.62 Å². The molecule has 1 aliphatic rings. The molecule has 50 heavy (non-hydrogen) atoms. The molecule has 0 spiro atoms. The van der Waals surface area contributed by atoms with E-state index < -0.39 is 46.2 Å². The lowest BCUT2D eigenvalue weighted by molar-refractivity contribution is -0.140. The highest BCUT2D eigenvalue weighted by Gasteiger charge is 2.37. The molecule has 1 aliphatic carbocycles. The number of benzene rings is 4. The fourth-order valence-electron chi connectivity index (χ4n) is 6.04. The van der Waals surface area contributed by atoms with Gasteiger partial charge in [0.1, 0.15) is 12.6 Å². The van der Waals surface area contributed by atoms with Crippen LogP contribution in [0, 0.1) is 0 Å². The van der Waals surface area contributed by atoms with Crippen molar-refractivity contribution in [3.63, 3.8) is 0 Å². The predicted octanol–water partition coefficient (Wildman–Crippen LogP) is 8.30. The van der Waals surface area contributed by atoms with Crippen LogP contribution in [0.4, 0.5) is 18.9 Å². The summed E-state index contributed by atoms with van der Waals surface area (Å²) >= 11 is 13.1. The number of rotatable bonds is 12. The maximum atomic E-state index is 14.7. The summed E-state index contributed by atoms with van der Waals surface area (Å²) in [4.78, 5) is 29.9. The maximum Gasteiger partial charge on any atom is 0.416 e. The molecule has 0 aromatic heterocycles. The molecule has 13 heteroatoms. The average Bonchev–Trinajstić information content (AvgIpc) is 3.10. The summed E-state index contributed by atoms with van der Waals surface area (Å²) in [5.41, 5.74) is -0.418. The van der Waals surface area contributed by atoms with Crippen molar-refractivity contribution in [3.8, 4) is 0 Å². The van der Waals surface area contributed by atoms with Crippen LogP contribution in [-0.4, -0.2) is 43.8 Å². The Morgan fingerprint density at radius 1 is 0.820 bits per heavy atom. The SMILES string of the molecule is O=C(NC1CCCCC1)C(Cc1ccccc1)N(Cc1c(Cl)cccc1Cl)C(=O)CN(c1cccc(C(F)(F)F)c1)S(=O)(=O)c1ccccc1. The van der Waals surface area contributed by atoms with Crippen LogP contribution in [0.2, 0.25) is 10.0 Å². The summed E-state index contributed by atoms with van der Waals surface area (Å²) in [6, 6.07) is 23.4. The summed E-state index contributed by atoms with van der Waals surface area (Å²) in [6.07, 6.45) is -0.254. The monoisotopic (exact) mass is 745 g/mol. The number of alkyl halides is 3. The van der Waals surface area contributed by atoms with E-state index in [0.717, 1.165) is 49.8 Å². The van der Waals surface area contributed by atoms with Gasteiger partial charge >= 0.3 is 6.18 Å². The zero-order valence-electron chi connectivity index (χ0n) is 27.0. The van der Waals surface area contributed by atoms with E-state index in [1.807, 2.05) is 6.07 Å². The van der Waals surface area contributed by atoms with E-state index >= 15 is 0 Å². The highest BCUT2D eigenvalue weighted by atomic mass is 35.5. The van der Waals surface area contributed by atoms with Gasteiger partial charge in [0, 0.05) is 34.6 Å². The van der Waals surface area contributed by atoms with Crippen LogP contribution in [0.25, 0.3) is 0 Å². The summed E-state index contributed by atoms with van der Waals surface area (Å²) in [7, 11) is -4.60.